The zero-order valence-electron chi connectivity index (χ0n) is 11.9. The Morgan fingerprint density at radius 1 is 1.56 bits per heavy atom. The first-order valence-corrected chi connectivity index (χ1v) is 6.88. The number of rotatable bonds is 5. The average Bonchev–Trinajstić information content (AvgIpc) is 2.83. The summed E-state index contributed by atoms with van der Waals surface area (Å²) in [6, 6.07) is 2.57. The van der Waals surface area contributed by atoms with Gasteiger partial charge < -0.3 is 10.1 Å². The van der Waals surface area contributed by atoms with Crippen LogP contribution in [-0.4, -0.2) is 27.5 Å². The van der Waals surface area contributed by atoms with Gasteiger partial charge in [-0.3, -0.25) is 4.68 Å². The molecule has 2 rings (SSSR count). The molecule has 18 heavy (non-hydrogen) atoms. The normalized spacial score (nSPS) is 22.8. The first-order valence-electron chi connectivity index (χ1n) is 6.88. The van der Waals surface area contributed by atoms with E-state index in [1.165, 1.54) is 5.69 Å². The van der Waals surface area contributed by atoms with E-state index in [2.05, 4.69) is 48.9 Å². The molecule has 0 saturated carbocycles. The van der Waals surface area contributed by atoms with Crippen molar-refractivity contribution in [3.8, 4) is 0 Å². The molecule has 0 bridgehead atoms. The predicted molar refractivity (Wildman–Crippen MR) is 72.4 cm³/mol. The molecule has 4 nitrogen and oxygen atoms in total. The van der Waals surface area contributed by atoms with Crippen molar-refractivity contribution in [3.63, 3.8) is 0 Å². The quantitative estimate of drug-likeness (QED) is 0.873. The van der Waals surface area contributed by atoms with Crippen LogP contribution in [0.2, 0.25) is 0 Å². The summed E-state index contributed by atoms with van der Waals surface area (Å²) in [4.78, 5) is 0. The Labute approximate surface area is 110 Å². The van der Waals surface area contributed by atoms with Gasteiger partial charge in [-0.2, -0.15) is 5.10 Å². The summed E-state index contributed by atoms with van der Waals surface area (Å²) in [6.07, 6.45) is 4.44. The largest absolute Gasteiger partial charge is 0.370 e. The number of ether oxygens (including phenoxy) is 1. The molecule has 0 radical (unpaired) electrons. The second kappa shape index (κ2) is 5.41. The molecule has 2 heterocycles. The van der Waals surface area contributed by atoms with E-state index < -0.39 is 0 Å². The standard InChI is InChI=1S/C14H25N3O/c1-11(2)15-9-12-6-8-16-17(12)10-13-5-7-14(3,4)18-13/h6,8,11,13,15H,5,7,9-10H2,1-4H3. The summed E-state index contributed by atoms with van der Waals surface area (Å²) in [5.41, 5.74) is 1.27. The lowest BCUT2D eigenvalue weighted by Gasteiger charge is -2.20. The Morgan fingerprint density at radius 3 is 2.94 bits per heavy atom. The third kappa shape index (κ3) is 3.56. The molecule has 0 amide bonds. The molecule has 0 spiro atoms. The molecule has 1 aliphatic rings. The SMILES string of the molecule is CC(C)NCc1ccnn1CC1CCC(C)(C)O1. The second-order valence-electron chi connectivity index (χ2n) is 6.08. The minimum atomic E-state index is 0.0359. The summed E-state index contributed by atoms with van der Waals surface area (Å²) < 4.78 is 8.09. The number of hydrogen-bond acceptors (Lipinski definition) is 3. The zero-order chi connectivity index (χ0) is 13.2. The van der Waals surface area contributed by atoms with Gasteiger partial charge in [0.2, 0.25) is 0 Å². The Hall–Kier alpha value is -0.870. The molecular weight excluding hydrogens is 226 g/mol. The maximum atomic E-state index is 6.02. The molecule has 102 valence electrons. The van der Waals surface area contributed by atoms with Gasteiger partial charge in [0.1, 0.15) is 0 Å². The van der Waals surface area contributed by atoms with E-state index in [1.54, 1.807) is 0 Å². The van der Waals surface area contributed by atoms with Crippen LogP contribution in [0.5, 0.6) is 0 Å². The topological polar surface area (TPSA) is 39.1 Å². The van der Waals surface area contributed by atoms with Gasteiger partial charge in [-0.25, -0.2) is 0 Å². The molecule has 0 aromatic carbocycles. The Morgan fingerprint density at radius 2 is 2.33 bits per heavy atom. The molecule has 1 atom stereocenters. The van der Waals surface area contributed by atoms with Crippen LogP contribution < -0.4 is 5.32 Å². The molecule has 0 aliphatic carbocycles. The van der Waals surface area contributed by atoms with Crippen molar-refractivity contribution >= 4 is 0 Å². The highest BCUT2D eigenvalue weighted by atomic mass is 16.5. The van der Waals surface area contributed by atoms with Gasteiger partial charge in [-0.1, -0.05) is 13.8 Å². The van der Waals surface area contributed by atoms with Gasteiger partial charge in [0, 0.05) is 18.8 Å². The van der Waals surface area contributed by atoms with E-state index in [0.29, 0.717) is 12.1 Å². The van der Waals surface area contributed by atoms with Crippen LogP contribution in [-0.2, 0) is 17.8 Å². The molecule has 1 aromatic heterocycles. The summed E-state index contributed by atoms with van der Waals surface area (Å²) in [5.74, 6) is 0. The van der Waals surface area contributed by atoms with Crippen LogP contribution in [0.4, 0.5) is 0 Å². The minimum absolute atomic E-state index is 0.0359. The zero-order valence-corrected chi connectivity index (χ0v) is 11.9. The molecule has 1 saturated heterocycles. The van der Waals surface area contributed by atoms with Crippen LogP contribution in [0.3, 0.4) is 0 Å². The van der Waals surface area contributed by atoms with Gasteiger partial charge in [0.15, 0.2) is 0 Å². The molecule has 1 aromatic rings. The highest BCUT2D eigenvalue weighted by molar-refractivity contribution is 5.01. The van der Waals surface area contributed by atoms with E-state index in [-0.39, 0.29) is 5.60 Å². The molecule has 1 unspecified atom stereocenters. The van der Waals surface area contributed by atoms with E-state index in [0.717, 1.165) is 25.9 Å². The van der Waals surface area contributed by atoms with Gasteiger partial charge in [0.05, 0.1) is 23.9 Å². The Balaban J connectivity index is 1.92. The third-order valence-corrected chi connectivity index (χ3v) is 3.43. The fourth-order valence-electron chi connectivity index (χ4n) is 2.38. The molecule has 1 aliphatic heterocycles. The number of nitrogens with zero attached hydrogens (tertiary/aromatic N) is 2. The van der Waals surface area contributed by atoms with Crippen molar-refractivity contribution in [1.29, 1.82) is 0 Å². The number of nitrogens with one attached hydrogen (secondary N) is 1. The van der Waals surface area contributed by atoms with Crippen molar-refractivity contribution in [2.75, 3.05) is 0 Å². The monoisotopic (exact) mass is 251 g/mol. The van der Waals surface area contributed by atoms with Gasteiger partial charge in [-0.05, 0) is 32.8 Å². The first kappa shape index (κ1) is 13.6. The van der Waals surface area contributed by atoms with E-state index >= 15 is 0 Å². The number of aromatic nitrogens is 2. The summed E-state index contributed by atoms with van der Waals surface area (Å²) in [5, 5.41) is 7.83. The van der Waals surface area contributed by atoms with Gasteiger partial charge in [0.25, 0.3) is 0 Å². The summed E-state index contributed by atoms with van der Waals surface area (Å²) in [7, 11) is 0. The van der Waals surface area contributed by atoms with Crippen molar-refractivity contribution in [2.24, 2.45) is 0 Å². The van der Waals surface area contributed by atoms with Crippen LogP contribution in [0.25, 0.3) is 0 Å². The minimum Gasteiger partial charge on any atom is -0.370 e. The van der Waals surface area contributed by atoms with Crippen LogP contribution in [0.1, 0.15) is 46.2 Å². The van der Waals surface area contributed by atoms with Crippen LogP contribution in [0, 0.1) is 0 Å². The number of hydrogen-bond donors (Lipinski definition) is 1. The van der Waals surface area contributed by atoms with Gasteiger partial charge >= 0.3 is 0 Å². The van der Waals surface area contributed by atoms with E-state index in [4.69, 9.17) is 4.74 Å². The molecular formula is C14H25N3O. The van der Waals surface area contributed by atoms with Crippen LogP contribution >= 0.6 is 0 Å². The average molecular weight is 251 g/mol. The smallest absolute Gasteiger partial charge is 0.0779 e. The summed E-state index contributed by atoms with van der Waals surface area (Å²) >= 11 is 0. The lowest BCUT2D eigenvalue weighted by molar-refractivity contribution is -0.0233. The van der Waals surface area contributed by atoms with Crippen molar-refractivity contribution in [3.05, 3.63) is 18.0 Å². The van der Waals surface area contributed by atoms with Crippen molar-refractivity contribution in [2.45, 2.75) is 71.4 Å². The van der Waals surface area contributed by atoms with Crippen molar-refractivity contribution < 1.29 is 4.74 Å². The fraction of sp³-hybridized carbons (Fsp3) is 0.786. The summed E-state index contributed by atoms with van der Waals surface area (Å²) in [6.45, 7) is 10.4. The van der Waals surface area contributed by atoms with E-state index in [1.807, 2.05) is 6.20 Å². The molecule has 1 fully saturated rings. The fourth-order valence-corrected chi connectivity index (χ4v) is 2.38. The first-order chi connectivity index (χ1) is 8.46. The second-order valence-corrected chi connectivity index (χ2v) is 6.08. The van der Waals surface area contributed by atoms with E-state index in [9.17, 15) is 0 Å². The maximum absolute atomic E-state index is 6.02. The van der Waals surface area contributed by atoms with Gasteiger partial charge in [-0.15, -0.1) is 0 Å². The Bertz CT molecular complexity index is 384. The Kier molecular flexibility index (Phi) is 4.07. The highest BCUT2D eigenvalue weighted by Gasteiger charge is 2.32. The third-order valence-electron chi connectivity index (χ3n) is 3.43. The molecule has 4 heteroatoms. The lowest BCUT2D eigenvalue weighted by atomic mass is 10.1. The predicted octanol–water partition coefficient (Wildman–Crippen LogP) is 2.34. The lowest BCUT2D eigenvalue weighted by Crippen LogP contribution is -2.27. The van der Waals surface area contributed by atoms with Crippen molar-refractivity contribution in [1.82, 2.24) is 15.1 Å². The highest BCUT2D eigenvalue weighted by Crippen LogP contribution is 2.30. The maximum Gasteiger partial charge on any atom is 0.0779 e. The van der Waals surface area contributed by atoms with Crippen LogP contribution in [0.15, 0.2) is 12.3 Å². The molecule has 1 N–H and O–H groups in total.